The summed E-state index contributed by atoms with van der Waals surface area (Å²) in [7, 11) is 0. The minimum atomic E-state index is -0.519. The molecule has 2 aromatic carbocycles. The lowest BCUT2D eigenvalue weighted by Crippen LogP contribution is -2.28. The van der Waals surface area contributed by atoms with Crippen LogP contribution in [-0.4, -0.2) is 25.6 Å². The lowest BCUT2D eigenvalue weighted by atomic mass is 10.1. The van der Waals surface area contributed by atoms with Gasteiger partial charge >= 0.3 is 0 Å². The van der Waals surface area contributed by atoms with Crippen molar-refractivity contribution >= 4 is 39.9 Å². The number of hydrogen-bond donors (Lipinski definition) is 1. The van der Waals surface area contributed by atoms with E-state index in [4.69, 9.17) is 0 Å². The Balaban J connectivity index is 1.90. The van der Waals surface area contributed by atoms with E-state index in [0.29, 0.717) is 34.7 Å². The van der Waals surface area contributed by atoms with E-state index in [0.717, 1.165) is 5.56 Å². The summed E-state index contributed by atoms with van der Waals surface area (Å²) in [6.07, 6.45) is 0.497. The number of carbonyl (C=O) groups excluding carboxylic acids is 1. The number of nitrogens with one attached hydrogen (secondary N) is 1. The van der Waals surface area contributed by atoms with Crippen molar-refractivity contribution in [1.82, 2.24) is 9.55 Å². The minimum absolute atomic E-state index is 0.0902. The van der Waals surface area contributed by atoms with Crippen LogP contribution in [0.2, 0.25) is 0 Å². The highest BCUT2D eigenvalue weighted by Crippen LogP contribution is 2.27. The first-order valence-corrected chi connectivity index (χ1v) is 10.5. The highest BCUT2D eigenvalue weighted by Gasteiger charge is 2.23. The molecular weight excluding hydrogens is 404 g/mol. The Bertz CT molecular complexity index is 1180. The Hall–Kier alpha value is -3.20. The maximum absolute atomic E-state index is 12.9. The van der Waals surface area contributed by atoms with Crippen LogP contribution in [0.25, 0.3) is 10.9 Å². The van der Waals surface area contributed by atoms with E-state index in [1.807, 2.05) is 19.9 Å². The number of amides is 1. The number of nitro groups is 1. The Labute approximate surface area is 177 Å². The average Bonchev–Trinajstić information content (AvgIpc) is 2.73. The van der Waals surface area contributed by atoms with Gasteiger partial charge in [-0.1, -0.05) is 36.9 Å². The molecule has 0 aliphatic heterocycles. The summed E-state index contributed by atoms with van der Waals surface area (Å²) in [5.41, 5.74) is 1.47. The number of hydrogen-bond acceptors (Lipinski definition) is 6. The molecule has 3 rings (SSSR count). The van der Waals surface area contributed by atoms with Gasteiger partial charge in [0.2, 0.25) is 5.91 Å². The quantitative estimate of drug-likeness (QED) is 0.263. The lowest BCUT2D eigenvalue weighted by molar-refractivity contribution is -0.384. The number of para-hydroxylation sites is 1. The predicted octanol–water partition coefficient (Wildman–Crippen LogP) is 4.14. The molecule has 0 fully saturated rings. The minimum Gasteiger partial charge on any atom is -0.325 e. The van der Waals surface area contributed by atoms with Crippen molar-refractivity contribution in [1.29, 1.82) is 0 Å². The van der Waals surface area contributed by atoms with Crippen LogP contribution < -0.4 is 10.9 Å². The summed E-state index contributed by atoms with van der Waals surface area (Å²) >= 11 is 1.22. The number of nitrogens with zero attached hydrogens (tertiary/aromatic N) is 3. The highest BCUT2D eigenvalue weighted by atomic mass is 32.2. The monoisotopic (exact) mass is 426 g/mol. The first-order valence-electron chi connectivity index (χ1n) is 9.57. The second-order valence-corrected chi connectivity index (χ2v) is 7.89. The summed E-state index contributed by atoms with van der Waals surface area (Å²) in [6.45, 7) is 5.93. The number of nitro benzene ring substituents is 1. The summed E-state index contributed by atoms with van der Waals surface area (Å²) in [5.74, 6) is -0.295. The maximum Gasteiger partial charge on any atom is 0.271 e. The largest absolute Gasteiger partial charge is 0.325 e. The molecular formula is C21H22N4O4S. The number of aryl methyl sites for hydroxylation is 1. The van der Waals surface area contributed by atoms with E-state index in [9.17, 15) is 19.7 Å². The van der Waals surface area contributed by atoms with Gasteiger partial charge in [-0.3, -0.25) is 24.3 Å². The lowest BCUT2D eigenvalue weighted by Gasteiger charge is -2.18. The molecule has 0 aliphatic carbocycles. The van der Waals surface area contributed by atoms with Crippen LogP contribution >= 0.6 is 11.8 Å². The van der Waals surface area contributed by atoms with Crippen LogP contribution in [0.3, 0.4) is 0 Å². The number of aromatic nitrogens is 2. The average molecular weight is 426 g/mol. The van der Waals surface area contributed by atoms with Gasteiger partial charge in [0.05, 0.1) is 26.8 Å². The molecule has 0 saturated heterocycles. The van der Waals surface area contributed by atoms with E-state index in [1.165, 1.54) is 23.9 Å². The molecule has 0 radical (unpaired) electrons. The molecule has 1 N–H and O–H groups in total. The molecule has 0 bridgehead atoms. The molecule has 0 spiro atoms. The maximum atomic E-state index is 12.9. The first-order chi connectivity index (χ1) is 14.3. The fourth-order valence-corrected chi connectivity index (χ4v) is 4.11. The van der Waals surface area contributed by atoms with E-state index in [-0.39, 0.29) is 17.2 Å². The molecule has 1 amide bonds. The van der Waals surface area contributed by atoms with Gasteiger partial charge in [0, 0.05) is 18.7 Å². The number of thioether (sulfide) groups is 1. The van der Waals surface area contributed by atoms with Crippen LogP contribution in [0.5, 0.6) is 0 Å². The number of benzene rings is 2. The van der Waals surface area contributed by atoms with Gasteiger partial charge in [-0.2, -0.15) is 0 Å². The number of carbonyl (C=O) groups is 1. The molecule has 1 aromatic heterocycles. The second-order valence-electron chi connectivity index (χ2n) is 6.72. The Morgan fingerprint density at radius 2 is 2.00 bits per heavy atom. The van der Waals surface area contributed by atoms with Crippen LogP contribution in [0.4, 0.5) is 11.4 Å². The van der Waals surface area contributed by atoms with E-state index in [1.54, 1.807) is 35.8 Å². The molecule has 9 heteroatoms. The van der Waals surface area contributed by atoms with Crippen LogP contribution in [0, 0.1) is 17.0 Å². The molecule has 0 saturated carbocycles. The van der Waals surface area contributed by atoms with Crippen molar-refractivity contribution in [2.45, 2.75) is 44.1 Å². The third-order valence-electron chi connectivity index (χ3n) is 4.74. The number of rotatable bonds is 7. The summed E-state index contributed by atoms with van der Waals surface area (Å²) in [5, 5.41) is 14.3. The van der Waals surface area contributed by atoms with Crippen LogP contribution in [-0.2, 0) is 11.3 Å². The first kappa shape index (κ1) is 21.5. The van der Waals surface area contributed by atoms with Crippen molar-refractivity contribution in [2.75, 3.05) is 5.32 Å². The van der Waals surface area contributed by atoms with Gasteiger partial charge in [0.25, 0.3) is 11.2 Å². The van der Waals surface area contributed by atoms with Crippen LogP contribution in [0.1, 0.15) is 25.8 Å². The Morgan fingerprint density at radius 1 is 1.27 bits per heavy atom. The van der Waals surface area contributed by atoms with Crippen molar-refractivity contribution < 1.29 is 9.72 Å². The van der Waals surface area contributed by atoms with Crippen molar-refractivity contribution in [2.24, 2.45) is 0 Å². The molecule has 30 heavy (non-hydrogen) atoms. The molecule has 3 aromatic rings. The van der Waals surface area contributed by atoms with Gasteiger partial charge < -0.3 is 5.32 Å². The van der Waals surface area contributed by atoms with Gasteiger partial charge in [-0.05, 0) is 38.0 Å². The number of fused-ring (bicyclic) bond motifs is 1. The van der Waals surface area contributed by atoms with Crippen molar-refractivity contribution in [3.63, 3.8) is 0 Å². The van der Waals surface area contributed by atoms with E-state index < -0.39 is 10.2 Å². The molecule has 8 nitrogen and oxygen atoms in total. The molecule has 1 heterocycles. The van der Waals surface area contributed by atoms with E-state index in [2.05, 4.69) is 10.3 Å². The second kappa shape index (κ2) is 9.08. The Kier molecular flexibility index (Phi) is 6.51. The van der Waals surface area contributed by atoms with Gasteiger partial charge in [-0.15, -0.1) is 0 Å². The zero-order chi connectivity index (χ0) is 21.8. The normalized spacial score (nSPS) is 12.0. The van der Waals surface area contributed by atoms with Gasteiger partial charge in [0.1, 0.15) is 0 Å². The topological polar surface area (TPSA) is 107 Å². The summed E-state index contributed by atoms with van der Waals surface area (Å²) < 4.78 is 1.56. The number of anilines is 1. The standard InChI is InChI=1S/C21H22N4O4S/c1-4-18(19(26)22-17-12-14(25(28)29)11-10-13(17)3)30-21-23-16-9-7-6-8-15(16)20(27)24(21)5-2/h6-12,18H,4-5H2,1-3H3,(H,22,26). The van der Waals surface area contributed by atoms with E-state index >= 15 is 0 Å². The smallest absolute Gasteiger partial charge is 0.271 e. The third-order valence-corrected chi connectivity index (χ3v) is 6.10. The fourth-order valence-electron chi connectivity index (χ4n) is 3.04. The highest BCUT2D eigenvalue weighted by molar-refractivity contribution is 8.00. The van der Waals surface area contributed by atoms with Crippen molar-refractivity contribution in [3.05, 3.63) is 68.5 Å². The Morgan fingerprint density at radius 3 is 2.67 bits per heavy atom. The third kappa shape index (κ3) is 4.35. The van der Waals surface area contributed by atoms with Gasteiger partial charge in [-0.25, -0.2) is 4.98 Å². The van der Waals surface area contributed by atoms with Gasteiger partial charge in [0.15, 0.2) is 5.16 Å². The summed E-state index contributed by atoms with van der Waals surface area (Å²) in [4.78, 5) is 40.8. The molecule has 1 atom stereocenters. The zero-order valence-electron chi connectivity index (χ0n) is 16.9. The molecule has 1 unspecified atom stereocenters. The van der Waals surface area contributed by atoms with Crippen LogP contribution in [0.15, 0.2) is 52.4 Å². The SMILES string of the molecule is CCC(Sc1nc2ccccc2c(=O)n1CC)C(=O)Nc1cc([N+](=O)[O-])ccc1C. The fraction of sp³-hybridized carbons (Fsp3) is 0.286. The number of non-ortho nitro benzene ring substituents is 1. The van der Waals surface area contributed by atoms with Crippen molar-refractivity contribution in [3.8, 4) is 0 Å². The zero-order valence-corrected chi connectivity index (χ0v) is 17.7. The predicted molar refractivity (Wildman–Crippen MR) is 118 cm³/mol. The molecule has 0 aliphatic rings. The summed E-state index contributed by atoms with van der Waals surface area (Å²) in [6, 6.07) is 11.5. The molecule has 156 valence electrons.